The van der Waals surface area contributed by atoms with Gasteiger partial charge in [0.25, 0.3) is 0 Å². The van der Waals surface area contributed by atoms with Gasteiger partial charge in [0.15, 0.2) is 5.75 Å². The summed E-state index contributed by atoms with van der Waals surface area (Å²) in [5.41, 5.74) is 0. The Morgan fingerprint density at radius 2 is 1.89 bits per heavy atom. The molecule has 1 aromatic rings. The molecule has 19 heavy (non-hydrogen) atoms. The number of hydrogen-bond acceptors (Lipinski definition) is 3. The summed E-state index contributed by atoms with van der Waals surface area (Å²) in [7, 11) is 0. The van der Waals surface area contributed by atoms with Gasteiger partial charge in [-0.2, -0.15) is 0 Å². The van der Waals surface area contributed by atoms with Gasteiger partial charge in [0, 0.05) is 13.1 Å². The first kappa shape index (κ1) is 13.7. The van der Waals surface area contributed by atoms with E-state index in [2.05, 4.69) is 0 Å². The molecule has 1 heterocycles. The van der Waals surface area contributed by atoms with Gasteiger partial charge in [0.2, 0.25) is 0 Å². The molecule has 1 saturated heterocycles. The van der Waals surface area contributed by atoms with Crippen molar-refractivity contribution in [2.45, 2.75) is 12.8 Å². The van der Waals surface area contributed by atoms with Crippen molar-refractivity contribution in [3.05, 3.63) is 29.3 Å². The summed E-state index contributed by atoms with van der Waals surface area (Å²) >= 11 is 5.90. The summed E-state index contributed by atoms with van der Waals surface area (Å²) in [6, 6.07) is 6.73. The molecular weight excluding hydrogens is 270 g/mol. The third-order valence-corrected chi connectivity index (χ3v) is 3.45. The van der Waals surface area contributed by atoms with Crippen LogP contribution in [0.25, 0.3) is 0 Å². The SMILES string of the molecule is O=C(O)C1CCN(C(=O)Oc2ccccc2Cl)CC1. The number of aliphatic carboxylic acids is 1. The first-order valence-corrected chi connectivity index (χ1v) is 6.40. The Bertz CT molecular complexity index is 483. The maximum Gasteiger partial charge on any atom is 0.415 e. The van der Waals surface area contributed by atoms with Gasteiger partial charge in [-0.05, 0) is 25.0 Å². The normalized spacial score (nSPS) is 16.2. The highest BCUT2D eigenvalue weighted by Crippen LogP contribution is 2.25. The van der Waals surface area contributed by atoms with Crippen LogP contribution in [0.2, 0.25) is 5.02 Å². The number of likely N-dealkylation sites (tertiary alicyclic amines) is 1. The molecule has 1 aliphatic rings. The zero-order valence-corrected chi connectivity index (χ0v) is 11.0. The molecule has 0 bridgehead atoms. The van der Waals surface area contributed by atoms with Gasteiger partial charge in [-0.1, -0.05) is 23.7 Å². The summed E-state index contributed by atoms with van der Waals surface area (Å²) in [5, 5.41) is 9.25. The molecule has 0 spiro atoms. The molecule has 102 valence electrons. The third-order valence-electron chi connectivity index (χ3n) is 3.14. The topological polar surface area (TPSA) is 66.8 Å². The lowest BCUT2D eigenvalue weighted by Crippen LogP contribution is -2.41. The number of halogens is 1. The van der Waals surface area contributed by atoms with E-state index in [0.29, 0.717) is 36.7 Å². The molecule has 0 saturated carbocycles. The van der Waals surface area contributed by atoms with Gasteiger partial charge < -0.3 is 14.7 Å². The molecule has 1 fully saturated rings. The van der Waals surface area contributed by atoms with Crippen molar-refractivity contribution in [2.24, 2.45) is 5.92 Å². The largest absolute Gasteiger partial charge is 0.481 e. The van der Waals surface area contributed by atoms with E-state index < -0.39 is 12.1 Å². The van der Waals surface area contributed by atoms with Crippen LogP contribution in [-0.2, 0) is 4.79 Å². The Morgan fingerprint density at radius 3 is 2.47 bits per heavy atom. The Labute approximate surface area is 115 Å². The number of carboxylic acids is 1. The average molecular weight is 284 g/mol. The number of nitrogens with zero attached hydrogens (tertiary/aromatic N) is 1. The molecule has 6 heteroatoms. The van der Waals surface area contributed by atoms with Crippen LogP contribution in [0.3, 0.4) is 0 Å². The lowest BCUT2D eigenvalue weighted by molar-refractivity contribution is -0.143. The number of benzene rings is 1. The lowest BCUT2D eigenvalue weighted by atomic mass is 9.97. The first-order chi connectivity index (χ1) is 9.08. The van der Waals surface area contributed by atoms with Gasteiger partial charge in [0.1, 0.15) is 0 Å². The molecule has 0 atom stereocenters. The van der Waals surface area contributed by atoms with Crippen LogP contribution in [-0.4, -0.2) is 35.2 Å². The predicted octanol–water partition coefficient (Wildman–Crippen LogP) is 2.64. The van der Waals surface area contributed by atoms with Crippen molar-refractivity contribution in [3.8, 4) is 5.75 Å². The van der Waals surface area contributed by atoms with Gasteiger partial charge in [0.05, 0.1) is 10.9 Å². The van der Waals surface area contributed by atoms with E-state index in [1.165, 1.54) is 4.90 Å². The minimum Gasteiger partial charge on any atom is -0.481 e. The minimum absolute atomic E-state index is 0.314. The first-order valence-electron chi connectivity index (χ1n) is 6.02. The number of hydrogen-bond donors (Lipinski definition) is 1. The van der Waals surface area contributed by atoms with Crippen LogP contribution in [0.4, 0.5) is 4.79 Å². The number of rotatable bonds is 2. The molecule has 0 aromatic heterocycles. The third kappa shape index (κ3) is 3.38. The van der Waals surface area contributed by atoms with E-state index in [4.69, 9.17) is 21.4 Å². The highest BCUT2D eigenvalue weighted by molar-refractivity contribution is 6.32. The molecule has 1 aromatic carbocycles. The second-order valence-electron chi connectivity index (χ2n) is 4.40. The molecule has 1 N–H and O–H groups in total. The van der Waals surface area contributed by atoms with E-state index in [0.717, 1.165) is 0 Å². The van der Waals surface area contributed by atoms with Crippen molar-refractivity contribution >= 4 is 23.7 Å². The molecule has 1 aliphatic heterocycles. The molecule has 5 nitrogen and oxygen atoms in total. The number of para-hydroxylation sites is 1. The number of carboxylic acid groups (broad SMARTS) is 1. The lowest BCUT2D eigenvalue weighted by Gasteiger charge is -2.29. The van der Waals surface area contributed by atoms with Gasteiger partial charge in [-0.3, -0.25) is 4.79 Å². The monoisotopic (exact) mass is 283 g/mol. The maximum atomic E-state index is 11.9. The van der Waals surface area contributed by atoms with E-state index in [1.54, 1.807) is 24.3 Å². The van der Waals surface area contributed by atoms with E-state index in [9.17, 15) is 9.59 Å². The molecular formula is C13H14ClNO4. The van der Waals surface area contributed by atoms with Crippen LogP contribution in [0.1, 0.15) is 12.8 Å². The van der Waals surface area contributed by atoms with E-state index in [-0.39, 0.29) is 5.92 Å². The average Bonchev–Trinajstić information content (AvgIpc) is 2.41. The second-order valence-corrected chi connectivity index (χ2v) is 4.81. The van der Waals surface area contributed by atoms with Crippen molar-refractivity contribution in [1.29, 1.82) is 0 Å². The second kappa shape index (κ2) is 5.93. The Morgan fingerprint density at radius 1 is 1.26 bits per heavy atom. The van der Waals surface area contributed by atoms with E-state index >= 15 is 0 Å². The summed E-state index contributed by atoms with van der Waals surface area (Å²) in [6.07, 6.45) is 0.414. The number of piperidine rings is 1. The predicted molar refractivity (Wildman–Crippen MR) is 69.4 cm³/mol. The van der Waals surface area contributed by atoms with Gasteiger partial charge in [-0.15, -0.1) is 0 Å². The Hall–Kier alpha value is -1.75. The maximum absolute atomic E-state index is 11.9. The summed E-state index contributed by atoms with van der Waals surface area (Å²) < 4.78 is 5.19. The number of carbonyl (C=O) groups is 2. The van der Waals surface area contributed by atoms with Crippen molar-refractivity contribution in [2.75, 3.05) is 13.1 Å². The molecule has 0 unspecified atom stereocenters. The summed E-state index contributed by atoms with van der Waals surface area (Å²) in [5.74, 6) is -0.863. The van der Waals surface area contributed by atoms with Gasteiger partial charge in [-0.25, -0.2) is 4.79 Å². The smallest absolute Gasteiger partial charge is 0.415 e. The van der Waals surface area contributed by atoms with Crippen LogP contribution in [0.15, 0.2) is 24.3 Å². The highest BCUT2D eigenvalue weighted by Gasteiger charge is 2.28. The fraction of sp³-hybridized carbons (Fsp3) is 0.385. The highest BCUT2D eigenvalue weighted by atomic mass is 35.5. The van der Waals surface area contributed by atoms with E-state index in [1.807, 2.05) is 0 Å². The van der Waals surface area contributed by atoms with Crippen LogP contribution >= 0.6 is 11.6 Å². The summed E-state index contributed by atoms with van der Waals surface area (Å²) in [6.45, 7) is 0.778. The van der Waals surface area contributed by atoms with Crippen LogP contribution in [0, 0.1) is 5.92 Å². The minimum atomic E-state index is -0.806. The molecule has 1 amide bonds. The van der Waals surface area contributed by atoms with Crippen molar-refractivity contribution < 1.29 is 19.4 Å². The quantitative estimate of drug-likeness (QED) is 0.906. The van der Waals surface area contributed by atoms with Crippen LogP contribution in [0.5, 0.6) is 5.75 Å². The number of carbonyl (C=O) groups excluding carboxylic acids is 1. The number of ether oxygens (including phenoxy) is 1. The molecule has 2 rings (SSSR count). The van der Waals surface area contributed by atoms with Gasteiger partial charge >= 0.3 is 12.1 Å². The standard InChI is InChI=1S/C13H14ClNO4/c14-10-3-1-2-4-11(10)19-13(18)15-7-5-9(6-8-15)12(16)17/h1-4,9H,5-8H2,(H,16,17). The zero-order chi connectivity index (χ0) is 13.8. The fourth-order valence-electron chi connectivity index (χ4n) is 2.00. The zero-order valence-electron chi connectivity index (χ0n) is 10.2. The molecule has 0 radical (unpaired) electrons. The molecule has 0 aliphatic carbocycles. The van der Waals surface area contributed by atoms with Crippen molar-refractivity contribution in [1.82, 2.24) is 4.90 Å². The summed E-state index contributed by atoms with van der Waals surface area (Å²) in [4.78, 5) is 24.2. The van der Waals surface area contributed by atoms with Crippen LogP contribution < -0.4 is 4.74 Å². The fourth-order valence-corrected chi connectivity index (χ4v) is 2.17. The Balaban J connectivity index is 1.92. The Kier molecular flexibility index (Phi) is 4.27. The number of amides is 1. The van der Waals surface area contributed by atoms with Crippen molar-refractivity contribution in [3.63, 3.8) is 0 Å².